The van der Waals surface area contributed by atoms with E-state index in [1.54, 1.807) is 6.20 Å². The third-order valence-electron chi connectivity index (χ3n) is 4.37. The second kappa shape index (κ2) is 5.47. The van der Waals surface area contributed by atoms with Crippen molar-refractivity contribution in [3.8, 4) is 5.75 Å². The summed E-state index contributed by atoms with van der Waals surface area (Å²) in [7, 11) is 0. The highest BCUT2D eigenvalue weighted by atomic mass is 16.5. The maximum absolute atomic E-state index is 11.0. The molecule has 0 amide bonds. The van der Waals surface area contributed by atoms with E-state index in [0.29, 0.717) is 19.6 Å². The molecule has 4 heteroatoms. The number of nitrogens with zero attached hydrogens (tertiary/aromatic N) is 1. The van der Waals surface area contributed by atoms with Crippen molar-refractivity contribution in [2.24, 2.45) is 5.73 Å². The summed E-state index contributed by atoms with van der Waals surface area (Å²) < 4.78 is 5.70. The van der Waals surface area contributed by atoms with Crippen LogP contribution in [-0.4, -0.2) is 23.2 Å². The summed E-state index contributed by atoms with van der Waals surface area (Å²) in [6.45, 7) is 2.85. The molecule has 110 valence electrons. The van der Waals surface area contributed by atoms with Crippen molar-refractivity contribution >= 4 is 0 Å². The number of aliphatic hydroxyl groups is 1. The van der Waals surface area contributed by atoms with Gasteiger partial charge in [0.25, 0.3) is 0 Å². The number of aryl methyl sites for hydroxylation is 1. The molecule has 4 nitrogen and oxygen atoms in total. The zero-order chi connectivity index (χ0) is 14.9. The Balaban J connectivity index is 2.07. The Bertz CT molecular complexity index is 627. The molecule has 0 aliphatic carbocycles. The molecule has 2 heterocycles. The van der Waals surface area contributed by atoms with E-state index in [2.05, 4.69) is 4.98 Å². The minimum atomic E-state index is -0.694. The lowest BCUT2D eigenvalue weighted by Crippen LogP contribution is -2.45. The van der Waals surface area contributed by atoms with Gasteiger partial charge in [0.05, 0.1) is 12.7 Å². The first kappa shape index (κ1) is 14.0. The van der Waals surface area contributed by atoms with Crippen molar-refractivity contribution < 1.29 is 9.84 Å². The van der Waals surface area contributed by atoms with Crippen molar-refractivity contribution in [1.29, 1.82) is 0 Å². The zero-order valence-corrected chi connectivity index (χ0v) is 12.1. The minimum absolute atomic E-state index is 0.364. The third kappa shape index (κ3) is 2.30. The second-order valence-corrected chi connectivity index (χ2v) is 5.59. The van der Waals surface area contributed by atoms with Gasteiger partial charge in [-0.15, -0.1) is 0 Å². The smallest absolute Gasteiger partial charge is 0.123 e. The number of nitrogens with two attached hydrogens (primary N) is 1. The molecule has 3 N–H and O–H groups in total. The summed E-state index contributed by atoms with van der Waals surface area (Å²) in [5.74, 6) is 0.813. The summed E-state index contributed by atoms with van der Waals surface area (Å²) in [6, 6.07) is 11.6. The minimum Gasteiger partial charge on any atom is -0.493 e. The quantitative estimate of drug-likeness (QED) is 0.905. The van der Waals surface area contributed by atoms with Crippen LogP contribution < -0.4 is 10.5 Å². The third-order valence-corrected chi connectivity index (χ3v) is 4.37. The van der Waals surface area contributed by atoms with Crippen LogP contribution in [0.2, 0.25) is 0 Å². The molecule has 1 aromatic heterocycles. The highest BCUT2D eigenvalue weighted by Gasteiger charge is 2.43. The van der Waals surface area contributed by atoms with Crippen LogP contribution in [0.1, 0.15) is 29.3 Å². The Morgan fingerprint density at radius 1 is 1.33 bits per heavy atom. The molecular weight excluding hydrogens is 264 g/mol. The lowest BCUT2D eigenvalue weighted by Gasteiger charge is -2.41. The van der Waals surface area contributed by atoms with Crippen LogP contribution in [-0.2, 0) is 5.41 Å². The van der Waals surface area contributed by atoms with Gasteiger partial charge in [-0.1, -0.05) is 24.3 Å². The van der Waals surface area contributed by atoms with Gasteiger partial charge in [-0.05, 0) is 31.0 Å². The molecule has 2 unspecified atom stereocenters. The van der Waals surface area contributed by atoms with Crippen LogP contribution in [0.3, 0.4) is 0 Å². The molecule has 3 rings (SSSR count). The fourth-order valence-corrected chi connectivity index (χ4v) is 3.05. The monoisotopic (exact) mass is 284 g/mol. The van der Waals surface area contributed by atoms with Crippen molar-refractivity contribution in [3.05, 3.63) is 59.4 Å². The van der Waals surface area contributed by atoms with E-state index < -0.39 is 11.5 Å². The summed E-state index contributed by atoms with van der Waals surface area (Å²) in [5.41, 5.74) is 8.27. The van der Waals surface area contributed by atoms with Gasteiger partial charge in [0, 0.05) is 29.4 Å². The number of ether oxygens (including phenoxy) is 1. The molecule has 21 heavy (non-hydrogen) atoms. The number of fused-ring (bicyclic) bond motifs is 1. The van der Waals surface area contributed by atoms with E-state index in [1.165, 1.54) is 0 Å². The van der Waals surface area contributed by atoms with Crippen LogP contribution in [0.4, 0.5) is 0 Å². The number of para-hydroxylation sites is 1. The molecule has 2 aromatic rings. The van der Waals surface area contributed by atoms with Gasteiger partial charge in [-0.2, -0.15) is 0 Å². The normalized spacial score (nSPS) is 22.2. The molecule has 1 aromatic carbocycles. The molecule has 1 aliphatic rings. The van der Waals surface area contributed by atoms with Gasteiger partial charge in [0.15, 0.2) is 0 Å². The molecular formula is C17H20N2O2. The summed E-state index contributed by atoms with van der Waals surface area (Å²) in [5, 5.41) is 11.0. The summed E-state index contributed by atoms with van der Waals surface area (Å²) in [4.78, 5) is 4.28. The largest absolute Gasteiger partial charge is 0.493 e. The Morgan fingerprint density at radius 2 is 2.14 bits per heavy atom. The van der Waals surface area contributed by atoms with Crippen LogP contribution in [0.5, 0.6) is 5.75 Å². The number of pyridine rings is 1. The first-order valence-electron chi connectivity index (χ1n) is 7.20. The fraction of sp³-hybridized carbons (Fsp3) is 0.353. The summed E-state index contributed by atoms with van der Waals surface area (Å²) >= 11 is 0. The lowest BCUT2D eigenvalue weighted by atomic mass is 9.70. The number of hydrogen-bond acceptors (Lipinski definition) is 4. The number of aliphatic hydroxyl groups excluding tert-OH is 1. The molecule has 0 radical (unpaired) electrons. The standard InChI is InChI=1S/C17H20N2O2/c1-12-6-7-13(10-19-12)16(20)17(11-18)8-9-21-15-5-3-2-4-14(15)17/h2-7,10,16,20H,8-9,11,18H2,1H3. The zero-order valence-electron chi connectivity index (χ0n) is 12.1. The number of benzene rings is 1. The first-order chi connectivity index (χ1) is 10.2. The molecule has 2 atom stereocenters. The molecule has 1 aliphatic heterocycles. The van der Waals surface area contributed by atoms with E-state index >= 15 is 0 Å². The van der Waals surface area contributed by atoms with Crippen molar-refractivity contribution in [2.45, 2.75) is 24.9 Å². The SMILES string of the molecule is Cc1ccc(C(O)C2(CN)CCOc3ccccc32)cn1. The fourth-order valence-electron chi connectivity index (χ4n) is 3.05. The van der Waals surface area contributed by atoms with Gasteiger partial charge >= 0.3 is 0 Å². The first-order valence-corrected chi connectivity index (χ1v) is 7.20. The highest BCUT2D eigenvalue weighted by Crippen LogP contribution is 2.46. The van der Waals surface area contributed by atoms with Crippen LogP contribution in [0.25, 0.3) is 0 Å². The van der Waals surface area contributed by atoms with E-state index in [4.69, 9.17) is 10.5 Å². The maximum Gasteiger partial charge on any atom is 0.123 e. The van der Waals surface area contributed by atoms with Gasteiger partial charge in [0.1, 0.15) is 5.75 Å². The van der Waals surface area contributed by atoms with Gasteiger partial charge in [0.2, 0.25) is 0 Å². The maximum atomic E-state index is 11.0. The Kier molecular flexibility index (Phi) is 3.66. The van der Waals surface area contributed by atoms with Gasteiger partial charge < -0.3 is 15.6 Å². The Morgan fingerprint density at radius 3 is 2.86 bits per heavy atom. The molecule has 0 spiro atoms. The van der Waals surface area contributed by atoms with Crippen LogP contribution in [0.15, 0.2) is 42.6 Å². The summed E-state index contributed by atoms with van der Waals surface area (Å²) in [6.07, 6.45) is 1.73. The molecule has 0 bridgehead atoms. The Hall–Kier alpha value is -1.91. The van der Waals surface area contributed by atoms with Gasteiger partial charge in [-0.3, -0.25) is 4.98 Å². The Labute approximate surface area is 124 Å². The predicted molar refractivity (Wildman–Crippen MR) is 81.2 cm³/mol. The number of rotatable bonds is 3. The van der Waals surface area contributed by atoms with Crippen molar-refractivity contribution in [3.63, 3.8) is 0 Å². The van der Waals surface area contributed by atoms with Crippen molar-refractivity contribution in [2.75, 3.05) is 13.2 Å². The lowest BCUT2D eigenvalue weighted by molar-refractivity contribution is 0.0533. The van der Waals surface area contributed by atoms with Crippen LogP contribution >= 0.6 is 0 Å². The van der Waals surface area contributed by atoms with Gasteiger partial charge in [-0.25, -0.2) is 0 Å². The highest BCUT2D eigenvalue weighted by molar-refractivity contribution is 5.44. The topological polar surface area (TPSA) is 68.4 Å². The average Bonchev–Trinajstić information content (AvgIpc) is 2.54. The molecule has 0 fully saturated rings. The molecule has 0 saturated carbocycles. The number of hydrogen-bond donors (Lipinski definition) is 2. The average molecular weight is 284 g/mol. The van der Waals surface area contributed by atoms with E-state index in [9.17, 15) is 5.11 Å². The van der Waals surface area contributed by atoms with E-state index in [1.807, 2.05) is 43.3 Å². The van der Waals surface area contributed by atoms with Crippen LogP contribution in [0, 0.1) is 6.92 Å². The van der Waals surface area contributed by atoms with Crippen molar-refractivity contribution in [1.82, 2.24) is 4.98 Å². The van der Waals surface area contributed by atoms with E-state index in [0.717, 1.165) is 22.6 Å². The number of aromatic nitrogens is 1. The van der Waals surface area contributed by atoms with E-state index in [-0.39, 0.29) is 0 Å². The second-order valence-electron chi connectivity index (χ2n) is 5.59. The molecule has 0 saturated heterocycles. The predicted octanol–water partition coefficient (Wildman–Crippen LogP) is 2.10.